The second-order valence-corrected chi connectivity index (χ2v) is 6.38. The molecular weight excluding hydrogens is 371 g/mol. The number of ether oxygens (including phenoxy) is 1. The van der Waals surface area contributed by atoms with Crippen molar-refractivity contribution >= 4 is 35.0 Å². The molecule has 0 aromatic heterocycles. The van der Waals surface area contributed by atoms with Gasteiger partial charge in [-0.2, -0.15) is 0 Å². The first-order chi connectivity index (χ1) is 12.6. The van der Waals surface area contributed by atoms with E-state index in [1.165, 1.54) is 12.1 Å². The summed E-state index contributed by atoms with van der Waals surface area (Å²) >= 11 is 11.8. The highest BCUT2D eigenvalue weighted by Gasteiger charge is 2.17. The van der Waals surface area contributed by atoms with Gasteiger partial charge in [-0.25, -0.2) is 4.79 Å². The highest BCUT2D eigenvalue weighted by Crippen LogP contribution is 2.25. The SMILES string of the molecule is O=C(COC(=O)c1ccccc1-c1ccccc1)c1ccc(Cl)cc1Cl. The van der Waals surface area contributed by atoms with Crippen molar-refractivity contribution in [1.29, 1.82) is 0 Å². The summed E-state index contributed by atoms with van der Waals surface area (Å²) in [6.07, 6.45) is 0. The third-order valence-corrected chi connectivity index (χ3v) is 4.35. The summed E-state index contributed by atoms with van der Waals surface area (Å²) < 4.78 is 5.21. The topological polar surface area (TPSA) is 43.4 Å². The number of ketones is 1. The average Bonchev–Trinajstić information content (AvgIpc) is 2.66. The number of carbonyl (C=O) groups is 2. The fourth-order valence-electron chi connectivity index (χ4n) is 2.53. The molecule has 0 unspecified atom stereocenters. The zero-order valence-electron chi connectivity index (χ0n) is 13.6. The molecule has 0 atom stereocenters. The van der Waals surface area contributed by atoms with Gasteiger partial charge in [0, 0.05) is 10.6 Å². The lowest BCUT2D eigenvalue weighted by atomic mass is 10.00. The molecule has 3 aromatic carbocycles. The van der Waals surface area contributed by atoms with Gasteiger partial charge in [-0.3, -0.25) is 4.79 Å². The van der Waals surface area contributed by atoms with E-state index in [0.29, 0.717) is 10.6 Å². The van der Waals surface area contributed by atoms with Crippen LogP contribution in [0.1, 0.15) is 20.7 Å². The van der Waals surface area contributed by atoms with Gasteiger partial charge in [-0.15, -0.1) is 0 Å². The molecule has 0 fully saturated rings. The average molecular weight is 385 g/mol. The van der Waals surface area contributed by atoms with Gasteiger partial charge in [0.15, 0.2) is 6.61 Å². The van der Waals surface area contributed by atoms with E-state index in [1.807, 2.05) is 42.5 Å². The Bertz CT molecular complexity index is 952. The molecule has 26 heavy (non-hydrogen) atoms. The van der Waals surface area contributed by atoms with E-state index in [4.69, 9.17) is 27.9 Å². The summed E-state index contributed by atoms with van der Waals surface area (Å²) in [5.74, 6) is -0.958. The smallest absolute Gasteiger partial charge is 0.339 e. The van der Waals surface area contributed by atoms with Gasteiger partial charge in [-0.1, -0.05) is 71.7 Å². The van der Waals surface area contributed by atoms with Crippen LogP contribution in [-0.4, -0.2) is 18.4 Å². The maximum Gasteiger partial charge on any atom is 0.339 e. The van der Waals surface area contributed by atoms with Gasteiger partial charge in [0.2, 0.25) is 5.78 Å². The molecule has 3 nitrogen and oxygen atoms in total. The number of hydrogen-bond donors (Lipinski definition) is 0. The number of benzene rings is 3. The first-order valence-corrected chi connectivity index (χ1v) is 8.61. The Balaban J connectivity index is 1.76. The number of esters is 1. The van der Waals surface area contributed by atoms with Crippen LogP contribution in [0, 0.1) is 0 Å². The third-order valence-electron chi connectivity index (χ3n) is 3.80. The highest BCUT2D eigenvalue weighted by molar-refractivity contribution is 6.36. The van der Waals surface area contributed by atoms with Crippen molar-refractivity contribution in [2.45, 2.75) is 0 Å². The summed E-state index contributed by atoms with van der Waals surface area (Å²) in [5.41, 5.74) is 2.30. The summed E-state index contributed by atoms with van der Waals surface area (Å²) in [6, 6.07) is 21.2. The Morgan fingerprint density at radius 1 is 0.808 bits per heavy atom. The van der Waals surface area contributed by atoms with E-state index >= 15 is 0 Å². The number of halogens is 2. The monoisotopic (exact) mass is 384 g/mol. The Morgan fingerprint density at radius 3 is 2.23 bits per heavy atom. The maximum absolute atomic E-state index is 12.5. The van der Waals surface area contributed by atoms with Crippen LogP contribution in [-0.2, 0) is 4.74 Å². The molecule has 0 spiro atoms. The number of hydrogen-bond acceptors (Lipinski definition) is 3. The van der Waals surface area contributed by atoms with E-state index < -0.39 is 18.4 Å². The van der Waals surface area contributed by atoms with Gasteiger partial charge < -0.3 is 4.74 Å². The molecule has 0 saturated carbocycles. The lowest BCUT2D eigenvalue weighted by Crippen LogP contribution is -2.15. The molecule has 5 heteroatoms. The fraction of sp³-hybridized carbons (Fsp3) is 0.0476. The van der Waals surface area contributed by atoms with Crippen molar-refractivity contribution < 1.29 is 14.3 Å². The molecule has 0 aliphatic heterocycles. The number of Topliss-reactive ketones (excluding diaryl/α,β-unsaturated/α-hetero) is 1. The number of rotatable bonds is 5. The van der Waals surface area contributed by atoms with Gasteiger partial charge >= 0.3 is 5.97 Å². The first kappa shape index (κ1) is 18.2. The quantitative estimate of drug-likeness (QED) is 0.418. The van der Waals surface area contributed by atoms with Crippen molar-refractivity contribution in [3.8, 4) is 11.1 Å². The third kappa shape index (κ3) is 4.13. The fourth-order valence-corrected chi connectivity index (χ4v) is 3.05. The summed E-state index contributed by atoms with van der Waals surface area (Å²) in [4.78, 5) is 24.7. The van der Waals surface area contributed by atoms with Crippen LogP contribution in [0.3, 0.4) is 0 Å². The molecule has 0 aliphatic rings. The van der Waals surface area contributed by atoms with E-state index in [0.717, 1.165) is 11.1 Å². The largest absolute Gasteiger partial charge is 0.454 e. The Kier molecular flexibility index (Phi) is 5.71. The lowest BCUT2D eigenvalue weighted by molar-refractivity contribution is 0.0475. The molecule has 0 saturated heterocycles. The number of carbonyl (C=O) groups excluding carboxylic acids is 2. The zero-order chi connectivity index (χ0) is 18.5. The van der Waals surface area contributed by atoms with Gasteiger partial charge in [0.25, 0.3) is 0 Å². The van der Waals surface area contributed by atoms with E-state index in [1.54, 1.807) is 18.2 Å². The normalized spacial score (nSPS) is 10.4. The van der Waals surface area contributed by atoms with Crippen LogP contribution in [0.2, 0.25) is 10.0 Å². The van der Waals surface area contributed by atoms with E-state index in [9.17, 15) is 9.59 Å². The zero-order valence-corrected chi connectivity index (χ0v) is 15.1. The van der Waals surface area contributed by atoms with Crippen molar-refractivity contribution in [3.05, 3.63) is 94.0 Å². The molecule has 0 radical (unpaired) electrons. The van der Waals surface area contributed by atoms with Crippen LogP contribution in [0.5, 0.6) is 0 Å². The standard InChI is InChI=1S/C21H14Cl2O3/c22-15-10-11-18(19(23)12-15)20(24)13-26-21(25)17-9-5-4-8-16(17)14-6-2-1-3-7-14/h1-12H,13H2. The van der Waals surface area contributed by atoms with E-state index in [2.05, 4.69) is 0 Å². The summed E-state index contributed by atoms with van der Waals surface area (Å²) in [6.45, 7) is -0.399. The minimum absolute atomic E-state index is 0.225. The Morgan fingerprint density at radius 2 is 1.50 bits per heavy atom. The van der Waals surface area contributed by atoms with Crippen LogP contribution in [0.25, 0.3) is 11.1 Å². The minimum Gasteiger partial charge on any atom is -0.454 e. The molecule has 0 bridgehead atoms. The lowest BCUT2D eigenvalue weighted by Gasteiger charge is -2.10. The van der Waals surface area contributed by atoms with Gasteiger partial charge in [0.05, 0.1) is 10.6 Å². The summed E-state index contributed by atoms with van der Waals surface area (Å²) in [5, 5.41) is 0.656. The van der Waals surface area contributed by atoms with Crippen LogP contribution >= 0.6 is 23.2 Å². The second kappa shape index (κ2) is 8.17. The second-order valence-electron chi connectivity index (χ2n) is 5.54. The molecule has 0 amide bonds. The van der Waals surface area contributed by atoms with Gasteiger partial charge in [0.1, 0.15) is 0 Å². The molecule has 0 heterocycles. The van der Waals surface area contributed by atoms with Crippen LogP contribution < -0.4 is 0 Å². The molecule has 3 rings (SSSR count). The van der Waals surface area contributed by atoms with Crippen molar-refractivity contribution in [2.75, 3.05) is 6.61 Å². The molecule has 130 valence electrons. The molecule has 0 N–H and O–H groups in total. The predicted octanol–water partition coefficient (Wildman–Crippen LogP) is 5.70. The molecular formula is C21H14Cl2O3. The Labute approximate surface area is 161 Å². The van der Waals surface area contributed by atoms with Crippen molar-refractivity contribution in [2.24, 2.45) is 0 Å². The van der Waals surface area contributed by atoms with E-state index in [-0.39, 0.29) is 10.6 Å². The molecule has 0 aliphatic carbocycles. The van der Waals surface area contributed by atoms with Crippen LogP contribution in [0.15, 0.2) is 72.8 Å². The summed E-state index contributed by atoms with van der Waals surface area (Å²) in [7, 11) is 0. The highest BCUT2D eigenvalue weighted by atomic mass is 35.5. The first-order valence-electron chi connectivity index (χ1n) is 7.86. The van der Waals surface area contributed by atoms with Gasteiger partial charge in [-0.05, 0) is 35.4 Å². The van der Waals surface area contributed by atoms with Crippen molar-refractivity contribution in [1.82, 2.24) is 0 Å². The van der Waals surface area contributed by atoms with Crippen LogP contribution in [0.4, 0.5) is 0 Å². The Hall–Kier alpha value is -2.62. The maximum atomic E-state index is 12.5. The van der Waals surface area contributed by atoms with Crippen molar-refractivity contribution in [3.63, 3.8) is 0 Å². The molecule has 3 aromatic rings. The predicted molar refractivity (Wildman–Crippen MR) is 103 cm³/mol. The minimum atomic E-state index is -0.567.